The number of piperazine rings is 1. The molecule has 2 aliphatic rings. The van der Waals surface area contributed by atoms with Crippen molar-refractivity contribution < 1.29 is 44.6 Å². The third-order valence-corrected chi connectivity index (χ3v) is 8.44. The predicted molar refractivity (Wildman–Crippen MR) is 128 cm³/mol. The predicted octanol–water partition coefficient (Wildman–Crippen LogP) is 4.07. The fourth-order valence-corrected chi connectivity index (χ4v) is 6.01. The lowest BCUT2D eigenvalue weighted by atomic mass is 9.89. The highest BCUT2D eigenvalue weighted by Gasteiger charge is 2.71. The van der Waals surface area contributed by atoms with E-state index in [4.69, 9.17) is 4.74 Å². The normalized spacial score (nSPS) is 22.0. The lowest BCUT2D eigenvalue weighted by Gasteiger charge is -2.49. The first kappa shape index (κ1) is 28.8. The maximum absolute atomic E-state index is 13.2. The summed E-state index contributed by atoms with van der Waals surface area (Å²) in [6.45, 7) is 3.86. The van der Waals surface area contributed by atoms with Crippen LogP contribution in [0.3, 0.4) is 0 Å². The van der Waals surface area contributed by atoms with Crippen LogP contribution in [0, 0.1) is 0 Å². The molecule has 1 N–H and O–H groups in total. The molecule has 2 bridgehead atoms. The van der Waals surface area contributed by atoms with Crippen LogP contribution in [0.4, 0.5) is 26.3 Å². The number of aryl methyl sites for hydroxylation is 1. The Morgan fingerprint density at radius 2 is 1.50 bits per heavy atom. The summed E-state index contributed by atoms with van der Waals surface area (Å²) in [7, 11) is -3.33. The summed E-state index contributed by atoms with van der Waals surface area (Å²) < 4.78 is 111. The van der Waals surface area contributed by atoms with Crippen LogP contribution in [0.15, 0.2) is 42.5 Å². The summed E-state index contributed by atoms with van der Waals surface area (Å²) in [5, 5.41) is 9.64. The molecule has 6 nitrogen and oxygen atoms in total. The molecule has 13 heteroatoms. The second kappa shape index (κ2) is 10.1. The minimum absolute atomic E-state index is 0.115. The Balaban J connectivity index is 1.58. The minimum Gasteiger partial charge on any atom is -0.378 e. The standard InChI is InChI=1S/C25H28F6N2O4S/c1-3-17-10-16(11-33-20-12-32(38(2,35)36)13-21(33)15-37-14-20)4-9-22(17)18-5-7-19(8-6-18)23(34,24(26,27)28)25(29,30)31/h4-10,20-21,34H,3,11-15H2,1-2H3/t20-,21+. The number of ether oxygens (including phenoxy) is 1. The van der Waals surface area contributed by atoms with Crippen LogP contribution < -0.4 is 0 Å². The van der Waals surface area contributed by atoms with Crippen LogP contribution in [0.2, 0.25) is 0 Å². The second-order valence-electron chi connectivity index (χ2n) is 9.73. The van der Waals surface area contributed by atoms with Gasteiger partial charge in [0.15, 0.2) is 0 Å². The van der Waals surface area contributed by atoms with Crippen molar-refractivity contribution in [2.75, 3.05) is 32.6 Å². The van der Waals surface area contributed by atoms with Crippen LogP contribution in [0.5, 0.6) is 0 Å². The minimum atomic E-state index is -5.95. The van der Waals surface area contributed by atoms with Gasteiger partial charge in [0.25, 0.3) is 5.60 Å². The smallest absolute Gasteiger partial charge is 0.378 e. The van der Waals surface area contributed by atoms with Crippen molar-refractivity contribution in [1.82, 2.24) is 9.21 Å². The second-order valence-corrected chi connectivity index (χ2v) is 11.7. The topological polar surface area (TPSA) is 70.1 Å². The number of sulfonamides is 1. The van der Waals surface area contributed by atoms with Gasteiger partial charge in [0.05, 0.1) is 19.5 Å². The molecule has 2 saturated heterocycles. The Bertz CT molecular complexity index is 1240. The van der Waals surface area contributed by atoms with Crippen molar-refractivity contribution in [1.29, 1.82) is 0 Å². The van der Waals surface area contributed by atoms with Gasteiger partial charge >= 0.3 is 12.4 Å². The van der Waals surface area contributed by atoms with Gasteiger partial charge in [-0.2, -0.15) is 30.6 Å². The van der Waals surface area contributed by atoms with E-state index in [0.29, 0.717) is 62.5 Å². The van der Waals surface area contributed by atoms with Crippen molar-refractivity contribution in [3.8, 4) is 11.1 Å². The third kappa shape index (κ3) is 5.31. The molecule has 0 spiro atoms. The molecule has 38 heavy (non-hydrogen) atoms. The monoisotopic (exact) mass is 566 g/mol. The van der Waals surface area contributed by atoms with E-state index in [0.717, 1.165) is 23.3 Å². The number of benzene rings is 2. The van der Waals surface area contributed by atoms with Crippen molar-refractivity contribution in [3.05, 3.63) is 59.2 Å². The lowest BCUT2D eigenvalue weighted by molar-refractivity contribution is -0.376. The lowest BCUT2D eigenvalue weighted by Crippen LogP contribution is -2.64. The molecule has 210 valence electrons. The average molecular weight is 567 g/mol. The molecule has 2 aliphatic heterocycles. The van der Waals surface area contributed by atoms with Gasteiger partial charge < -0.3 is 9.84 Å². The number of hydrogen-bond acceptors (Lipinski definition) is 5. The van der Waals surface area contributed by atoms with Gasteiger partial charge in [-0.25, -0.2) is 8.42 Å². The molecule has 0 saturated carbocycles. The Kier molecular flexibility index (Phi) is 7.65. The summed E-state index contributed by atoms with van der Waals surface area (Å²) in [5.74, 6) is 0. The molecule has 2 fully saturated rings. The molecule has 4 rings (SSSR count). The first-order valence-corrected chi connectivity index (χ1v) is 13.8. The maximum atomic E-state index is 13.2. The van der Waals surface area contributed by atoms with Gasteiger partial charge in [0.1, 0.15) is 0 Å². The van der Waals surface area contributed by atoms with E-state index in [-0.39, 0.29) is 12.1 Å². The van der Waals surface area contributed by atoms with E-state index >= 15 is 0 Å². The highest BCUT2D eigenvalue weighted by molar-refractivity contribution is 7.88. The summed E-state index contributed by atoms with van der Waals surface area (Å²) in [6.07, 6.45) is -10.2. The summed E-state index contributed by atoms with van der Waals surface area (Å²) in [5.41, 5.74) is -3.44. The molecule has 2 aromatic rings. The zero-order valence-corrected chi connectivity index (χ0v) is 21.5. The van der Waals surface area contributed by atoms with Gasteiger partial charge in [0.2, 0.25) is 10.0 Å². The number of nitrogens with zero attached hydrogens (tertiary/aromatic N) is 2. The number of fused-ring (bicyclic) bond motifs is 2. The zero-order chi connectivity index (χ0) is 28.1. The SMILES string of the molecule is CCc1cc(CN2[C@@H]3COC[C@H]2CN(S(C)(=O)=O)C3)ccc1-c1ccc(C(O)(C(F)(F)F)C(F)(F)F)cc1. The molecule has 2 atom stereocenters. The number of halogens is 6. The van der Waals surface area contributed by atoms with Crippen molar-refractivity contribution >= 4 is 10.0 Å². The Morgan fingerprint density at radius 3 is 1.97 bits per heavy atom. The molecule has 0 amide bonds. The molecule has 0 aromatic heterocycles. The van der Waals surface area contributed by atoms with E-state index in [2.05, 4.69) is 4.90 Å². The summed E-state index contributed by atoms with van der Waals surface area (Å²) >= 11 is 0. The van der Waals surface area contributed by atoms with E-state index in [9.17, 15) is 39.9 Å². The Labute approximate surface area is 216 Å². The highest BCUT2D eigenvalue weighted by Crippen LogP contribution is 2.50. The van der Waals surface area contributed by atoms with E-state index in [1.54, 1.807) is 6.07 Å². The van der Waals surface area contributed by atoms with Gasteiger partial charge in [-0.05, 0) is 28.7 Å². The molecule has 0 unspecified atom stereocenters. The average Bonchev–Trinajstić information content (AvgIpc) is 2.81. The quantitative estimate of drug-likeness (QED) is 0.534. The zero-order valence-electron chi connectivity index (χ0n) is 20.7. The molecule has 0 aliphatic carbocycles. The fourth-order valence-electron chi connectivity index (χ4n) is 5.13. The van der Waals surface area contributed by atoms with Crippen molar-refractivity contribution in [2.24, 2.45) is 0 Å². The molecular formula is C25H28F6N2O4S. The largest absolute Gasteiger partial charge is 0.430 e. The van der Waals surface area contributed by atoms with E-state index in [1.165, 1.54) is 10.6 Å². The van der Waals surface area contributed by atoms with Gasteiger partial charge in [-0.15, -0.1) is 0 Å². The third-order valence-electron chi connectivity index (χ3n) is 7.21. The number of morpholine rings is 1. The van der Waals surface area contributed by atoms with Gasteiger partial charge in [0, 0.05) is 37.3 Å². The highest BCUT2D eigenvalue weighted by atomic mass is 32.2. The number of alkyl halides is 6. The number of rotatable bonds is 6. The van der Waals surface area contributed by atoms with E-state index < -0.39 is 33.5 Å². The van der Waals surface area contributed by atoms with Gasteiger partial charge in [-0.3, -0.25) is 4.90 Å². The van der Waals surface area contributed by atoms with E-state index in [1.807, 2.05) is 19.1 Å². The van der Waals surface area contributed by atoms with Gasteiger partial charge in [-0.1, -0.05) is 49.4 Å². The summed E-state index contributed by atoms with van der Waals surface area (Å²) in [4.78, 5) is 2.21. The van der Waals surface area contributed by atoms with Crippen LogP contribution in [0.1, 0.15) is 23.6 Å². The molecular weight excluding hydrogens is 538 g/mol. The van der Waals surface area contributed by atoms with Crippen LogP contribution in [-0.4, -0.2) is 79.7 Å². The molecule has 0 radical (unpaired) electrons. The summed E-state index contributed by atoms with van der Waals surface area (Å²) in [6, 6.07) is 8.87. The first-order chi connectivity index (χ1) is 17.6. The molecule has 2 aromatic carbocycles. The maximum Gasteiger partial charge on any atom is 0.430 e. The number of hydrogen-bond donors (Lipinski definition) is 1. The van der Waals surface area contributed by atoms with Crippen molar-refractivity contribution in [3.63, 3.8) is 0 Å². The number of aliphatic hydroxyl groups is 1. The molecule has 2 heterocycles. The van der Waals surface area contributed by atoms with Crippen molar-refractivity contribution in [2.45, 2.75) is 49.9 Å². The van der Waals surface area contributed by atoms with Crippen LogP contribution in [-0.2, 0) is 33.3 Å². The van der Waals surface area contributed by atoms with Crippen LogP contribution in [0.25, 0.3) is 11.1 Å². The van der Waals surface area contributed by atoms with Crippen LogP contribution >= 0.6 is 0 Å². The first-order valence-electron chi connectivity index (χ1n) is 11.9. The Morgan fingerprint density at radius 1 is 0.947 bits per heavy atom. The fraction of sp³-hybridized carbons (Fsp3) is 0.520. The Hall–Kier alpha value is -2.19.